The molecule has 38 heavy (non-hydrogen) atoms. The minimum absolute atomic E-state index is 0.123. The number of benzene rings is 2. The molecule has 1 aromatic heterocycles. The molecule has 196 valence electrons. The van der Waals surface area contributed by atoms with E-state index in [1.807, 2.05) is 30.3 Å². The third-order valence-electron chi connectivity index (χ3n) is 7.40. The highest BCUT2D eigenvalue weighted by molar-refractivity contribution is 6.04. The maximum absolute atomic E-state index is 12.9. The Morgan fingerprint density at radius 3 is 2.53 bits per heavy atom. The van der Waals surface area contributed by atoms with Crippen molar-refractivity contribution in [3.63, 3.8) is 0 Å². The fourth-order valence-electron chi connectivity index (χ4n) is 5.14. The van der Waals surface area contributed by atoms with Gasteiger partial charge in [0.25, 0.3) is 5.91 Å². The molecule has 1 fully saturated rings. The van der Waals surface area contributed by atoms with Crippen molar-refractivity contribution in [3.05, 3.63) is 95.7 Å². The number of carboxylic acids is 1. The Kier molecular flexibility index (Phi) is 8.02. The molecule has 1 atom stereocenters. The number of carbonyl (C=O) groups excluding carboxylic acids is 1. The van der Waals surface area contributed by atoms with Crippen molar-refractivity contribution in [3.8, 4) is 5.75 Å². The molecule has 2 aromatic carbocycles. The van der Waals surface area contributed by atoms with Gasteiger partial charge in [-0.3, -0.25) is 4.79 Å². The van der Waals surface area contributed by atoms with Gasteiger partial charge in [0, 0.05) is 18.7 Å². The van der Waals surface area contributed by atoms with E-state index < -0.39 is 5.97 Å². The minimum atomic E-state index is -0.955. The van der Waals surface area contributed by atoms with Gasteiger partial charge >= 0.3 is 5.97 Å². The largest absolute Gasteiger partial charge is 0.493 e. The van der Waals surface area contributed by atoms with E-state index in [1.165, 1.54) is 5.56 Å². The van der Waals surface area contributed by atoms with Gasteiger partial charge in [-0.15, -0.1) is 0 Å². The molecule has 1 saturated heterocycles. The Balaban J connectivity index is 1.11. The Morgan fingerprint density at radius 2 is 1.79 bits per heavy atom. The fourth-order valence-corrected chi connectivity index (χ4v) is 5.14. The van der Waals surface area contributed by atoms with Gasteiger partial charge in [-0.25, -0.2) is 9.78 Å². The van der Waals surface area contributed by atoms with E-state index in [1.54, 1.807) is 30.5 Å². The number of hydrogen-bond donors (Lipinski definition) is 2. The number of nitrogens with zero attached hydrogens (tertiary/aromatic N) is 2. The number of pyridine rings is 1. The topological polar surface area (TPSA) is 91.8 Å². The second kappa shape index (κ2) is 11.9. The van der Waals surface area contributed by atoms with Crippen molar-refractivity contribution in [2.24, 2.45) is 5.92 Å². The lowest BCUT2D eigenvalue weighted by molar-refractivity contribution is 0.0696. The van der Waals surface area contributed by atoms with Crippen molar-refractivity contribution < 1.29 is 19.4 Å². The molecule has 2 heterocycles. The lowest BCUT2D eigenvalue weighted by Gasteiger charge is -2.32. The third-order valence-corrected chi connectivity index (χ3v) is 7.40. The summed E-state index contributed by atoms with van der Waals surface area (Å²) in [5.74, 6) is 1.28. The zero-order chi connectivity index (χ0) is 26.3. The molecule has 5 rings (SSSR count). The summed E-state index contributed by atoms with van der Waals surface area (Å²) in [6.45, 7) is 2.30. The fraction of sp³-hybridized carbons (Fsp3) is 0.323. The van der Waals surface area contributed by atoms with E-state index in [2.05, 4.69) is 33.4 Å². The summed E-state index contributed by atoms with van der Waals surface area (Å²) in [5, 5.41) is 12.1. The van der Waals surface area contributed by atoms with Gasteiger partial charge < -0.3 is 20.1 Å². The van der Waals surface area contributed by atoms with Crippen molar-refractivity contribution in [1.29, 1.82) is 0 Å². The van der Waals surface area contributed by atoms with Crippen LogP contribution in [0.15, 0.2) is 79.0 Å². The summed E-state index contributed by atoms with van der Waals surface area (Å²) in [6.07, 6.45) is 11.3. The van der Waals surface area contributed by atoms with Gasteiger partial charge in [0.2, 0.25) is 0 Å². The normalized spacial score (nSPS) is 17.7. The highest BCUT2D eigenvalue weighted by atomic mass is 16.5. The Bertz CT molecular complexity index is 1300. The van der Waals surface area contributed by atoms with E-state index in [0.29, 0.717) is 35.4 Å². The first kappa shape index (κ1) is 25.5. The summed E-state index contributed by atoms with van der Waals surface area (Å²) < 4.78 is 5.87. The average molecular weight is 512 g/mol. The molecular formula is C31H33N3O4. The van der Waals surface area contributed by atoms with Crippen LogP contribution in [0.2, 0.25) is 0 Å². The molecule has 1 unspecified atom stereocenters. The van der Waals surface area contributed by atoms with E-state index in [4.69, 9.17) is 9.84 Å². The highest BCUT2D eigenvalue weighted by Gasteiger charge is 2.21. The van der Waals surface area contributed by atoms with Crippen LogP contribution in [0.1, 0.15) is 64.3 Å². The van der Waals surface area contributed by atoms with Crippen molar-refractivity contribution in [2.45, 2.75) is 38.0 Å². The number of carbonyl (C=O) groups is 2. The number of anilines is 2. The van der Waals surface area contributed by atoms with Gasteiger partial charge in [0.15, 0.2) is 0 Å². The summed E-state index contributed by atoms with van der Waals surface area (Å²) in [6, 6.07) is 18.4. The number of hydrogen-bond acceptors (Lipinski definition) is 5. The monoisotopic (exact) mass is 511 g/mol. The number of carboxylic acid groups (broad SMARTS) is 1. The predicted molar refractivity (Wildman–Crippen MR) is 148 cm³/mol. The number of aromatic nitrogens is 1. The first-order valence-corrected chi connectivity index (χ1v) is 13.3. The number of rotatable bonds is 8. The molecule has 1 aliphatic heterocycles. The van der Waals surface area contributed by atoms with Gasteiger partial charge in [-0.05, 0) is 92.0 Å². The molecule has 3 aromatic rings. The van der Waals surface area contributed by atoms with E-state index in [-0.39, 0.29) is 11.5 Å². The smallest absolute Gasteiger partial charge is 0.335 e. The molecule has 0 spiro atoms. The van der Waals surface area contributed by atoms with Crippen LogP contribution >= 0.6 is 0 Å². The van der Waals surface area contributed by atoms with Crippen LogP contribution in [0.5, 0.6) is 5.75 Å². The maximum Gasteiger partial charge on any atom is 0.335 e. The molecule has 7 nitrogen and oxygen atoms in total. The lowest BCUT2D eigenvalue weighted by atomic mass is 9.87. The van der Waals surface area contributed by atoms with Crippen LogP contribution in [0.3, 0.4) is 0 Å². The number of nitrogens with one attached hydrogen (secondary N) is 1. The minimum Gasteiger partial charge on any atom is -0.493 e. The third kappa shape index (κ3) is 6.40. The Hall–Kier alpha value is -4.13. The molecule has 0 saturated carbocycles. The summed E-state index contributed by atoms with van der Waals surface area (Å²) in [5.41, 5.74) is 2.79. The van der Waals surface area contributed by atoms with Crippen LogP contribution in [0, 0.1) is 5.92 Å². The van der Waals surface area contributed by atoms with Gasteiger partial charge in [-0.1, -0.05) is 30.4 Å². The second-order valence-corrected chi connectivity index (χ2v) is 10.0. The Morgan fingerprint density at radius 1 is 0.974 bits per heavy atom. The molecule has 7 heteroatoms. The van der Waals surface area contributed by atoms with Gasteiger partial charge in [0.1, 0.15) is 11.6 Å². The quantitative estimate of drug-likeness (QED) is 0.353. The zero-order valence-electron chi connectivity index (χ0n) is 21.4. The van der Waals surface area contributed by atoms with Crippen LogP contribution in [-0.2, 0) is 0 Å². The summed E-state index contributed by atoms with van der Waals surface area (Å²) in [4.78, 5) is 30.9. The second-order valence-electron chi connectivity index (χ2n) is 10.0. The SMILES string of the molecule is O=C(O)c1cccc(OCC2CCN(c3ccc(NC(=O)c4cccc(C5CC=CCC5)c4)cn3)CC2)c1. The molecule has 0 radical (unpaired) electrons. The van der Waals surface area contributed by atoms with Crippen molar-refractivity contribution in [2.75, 3.05) is 29.9 Å². The van der Waals surface area contributed by atoms with Crippen LogP contribution < -0.4 is 15.0 Å². The van der Waals surface area contributed by atoms with E-state index >= 15 is 0 Å². The number of aromatic carboxylic acids is 1. The number of amides is 1. The molecule has 1 aliphatic carbocycles. The number of ether oxygens (including phenoxy) is 1. The van der Waals surface area contributed by atoms with Gasteiger partial charge in [-0.2, -0.15) is 0 Å². The van der Waals surface area contributed by atoms with E-state index in [9.17, 15) is 9.59 Å². The maximum atomic E-state index is 12.9. The lowest BCUT2D eigenvalue weighted by Crippen LogP contribution is -2.36. The van der Waals surface area contributed by atoms with Gasteiger partial charge in [0.05, 0.1) is 24.1 Å². The molecular weight excluding hydrogens is 478 g/mol. The predicted octanol–water partition coefficient (Wildman–Crippen LogP) is 6.15. The first-order valence-electron chi connectivity index (χ1n) is 13.3. The van der Waals surface area contributed by atoms with Crippen LogP contribution in [-0.4, -0.2) is 41.7 Å². The standard InChI is InChI=1S/C31H33N3O4/c35-30(25-9-4-8-24(18-25)23-6-2-1-3-7-23)33-27-12-13-29(32-20-27)34-16-14-22(15-17-34)21-38-28-11-5-10-26(19-28)31(36)37/h1-2,4-5,8-13,18-20,22-23H,3,6-7,14-17,21H2,(H,33,35)(H,36,37). The molecule has 2 aliphatic rings. The highest BCUT2D eigenvalue weighted by Crippen LogP contribution is 2.30. The van der Waals surface area contributed by atoms with Crippen molar-refractivity contribution in [1.82, 2.24) is 4.98 Å². The number of allylic oxidation sites excluding steroid dienone is 2. The molecule has 1 amide bonds. The Labute approximate surface area is 223 Å². The summed E-state index contributed by atoms with van der Waals surface area (Å²) in [7, 11) is 0. The average Bonchev–Trinajstić information content (AvgIpc) is 2.97. The molecule has 0 bridgehead atoms. The van der Waals surface area contributed by atoms with Crippen LogP contribution in [0.25, 0.3) is 0 Å². The number of piperidine rings is 1. The van der Waals surface area contributed by atoms with Crippen molar-refractivity contribution >= 4 is 23.4 Å². The van der Waals surface area contributed by atoms with Crippen LogP contribution in [0.4, 0.5) is 11.5 Å². The molecule has 2 N–H and O–H groups in total. The summed E-state index contributed by atoms with van der Waals surface area (Å²) >= 11 is 0. The van der Waals surface area contributed by atoms with E-state index in [0.717, 1.165) is 51.0 Å². The first-order chi connectivity index (χ1) is 18.5. The zero-order valence-corrected chi connectivity index (χ0v) is 21.4.